The fourth-order valence-electron chi connectivity index (χ4n) is 5.67. The van der Waals surface area contributed by atoms with Crippen LogP contribution in [0.25, 0.3) is 0 Å². The molecule has 0 heterocycles. The number of para-hydroxylation sites is 1. The van der Waals surface area contributed by atoms with Crippen LogP contribution in [0.15, 0.2) is 54.6 Å². The molecule has 0 saturated carbocycles. The summed E-state index contributed by atoms with van der Waals surface area (Å²) in [4.78, 5) is 1.37. The predicted molar refractivity (Wildman–Crippen MR) is 171 cm³/mol. The largest absolute Gasteiger partial charge is 0.372 e. The molecule has 0 saturated heterocycles. The normalized spacial score (nSPS) is 11.9. The van der Waals surface area contributed by atoms with Gasteiger partial charge >= 0.3 is 6.00 Å². The molecular weight excluding hydrogens is 829 g/mol. The number of rotatable bonds is 6. The first-order valence-corrected chi connectivity index (χ1v) is 19.3. The van der Waals surface area contributed by atoms with E-state index in [1.54, 1.807) is 0 Å². The summed E-state index contributed by atoms with van der Waals surface area (Å²) in [6.07, 6.45) is -5.89. The van der Waals surface area contributed by atoms with Gasteiger partial charge in [0.2, 0.25) is 0 Å². The molecular formula is C32H16BCl3F15NSi. The molecule has 0 unspecified atom stereocenters. The molecule has 1 nitrogen and oxygen atoms in total. The van der Waals surface area contributed by atoms with Crippen molar-refractivity contribution in [3.05, 3.63) is 142 Å². The zero-order valence-corrected chi connectivity index (χ0v) is 29.3. The van der Waals surface area contributed by atoms with Crippen LogP contribution in [0.3, 0.4) is 0 Å². The van der Waals surface area contributed by atoms with Crippen LogP contribution in [0, 0.1) is 87.3 Å². The summed E-state index contributed by atoms with van der Waals surface area (Å²) in [6, 6.07) is 8.02. The monoisotopic (exact) mass is 843 g/mol. The molecule has 5 rings (SSSR count). The molecule has 0 amide bonds. The second-order valence-corrected chi connectivity index (χ2v) is 19.7. The number of halogens is 18. The highest BCUT2D eigenvalue weighted by Crippen LogP contribution is 2.28. The van der Waals surface area contributed by atoms with Gasteiger partial charge in [0, 0.05) is 0 Å². The molecule has 0 spiro atoms. The van der Waals surface area contributed by atoms with Crippen molar-refractivity contribution < 1.29 is 70.8 Å². The minimum atomic E-state index is -5.89. The number of hydrogen-bond acceptors (Lipinski definition) is 0. The highest BCUT2D eigenvalue weighted by Gasteiger charge is 2.49. The molecule has 0 aliphatic carbocycles. The van der Waals surface area contributed by atoms with Crippen LogP contribution < -0.4 is 31.9 Å². The maximum Gasteiger partial charge on any atom is 0.372 e. The molecule has 0 aliphatic heterocycles. The summed E-state index contributed by atoms with van der Waals surface area (Å²) < 4.78 is 223. The van der Waals surface area contributed by atoms with Crippen LogP contribution in [-0.4, -0.2) is 26.2 Å². The van der Waals surface area contributed by atoms with Crippen molar-refractivity contribution in [2.24, 2.45) is 0 Å². The van der Waals surface area contributed by atoms with Crippen LogP contribution in [0.5, 0.6) is 0 Å². The zero-order valence-electron chi connectivity index (χ0n) is 26.1. The molecule has 0 aliphatic rings. The fourth-order valence-corrected chi connectivity index (χ4v) is 7.35. The van der Waals surface area contributed by atoms with E-state index in [-0.39, 0.29) is 17.3 Å². The maximum absolute atomic E-state index is 15.5. The number of hydrogen-bond donors (Lipinski definition) is 1. The Kier molecular flexibility index (Phi) is 12.2. The van der Waals surface area contributed by atoms with Crippen LogP contribution in [0.4, 0.5) is 71.5 Å². The van der Waals surface area contributed by atoms with E-state index in [9.17, 15) is 39.5 Å². The topological polar surface area (TPSA) is 4.44 Å². The summed E-state index contributed by atoms with van der Waals surface area (Å²) in [6.45, 7) is 0. The average Bonchev–Trinajstić information content (AvgIpc) is 3.13. The summed E-state index contributed by atoms with van der Waals surface area (Å²) in [5.41, 5.74) is -8.48. The Balaban J connectivity index is 0.000000608. The molecule has 5 aromatic rings. The van der Waals surface area contributed by atoms with E-state index in [2.05, 4.69) is 38.4 Å². The Labute approximate surface area is 304 Å². The summed E-state index contributed by atoms with van der Waals surface area (Å²) >= 11 is 17.4. The molecule has 282 valence electrons. The Hall–Kier alpha value is -3.84. The van der Waals surface area contributed by atoms with Gasteiger partial charge in [-0.15, -0.1) is 49.6 Å². The van der Waals surface area contributed by atoms with Gasteiger partial charge in [-0.25, -0.2) is 65.9 Å². The van der Waals surface area contributed by atoms with E-state index >= 15 is 26.3 Å². The maximum atomic E-state index is 15.5. The molecule has 0 radical (unpaired) electrons. The third-order valence-electron chi connectivity index (χ3n) is 8.12. The highest BCUT2D eigenvalue weighted by molar-refractivity contribution is 7.69. The van der Waals surface area contributed by atoms with Gasteiger partial charge in [-0.2, -0.15) is 5.46 Å². The summed E-state index contributed by atoms with van der Waals surface area (Å²) in [5.74, 6) is -46.3. The molecule has 0 bridgehead atoms. The average molecular weight is 845 g/mol. The van der Waals surface area contributed by atoms with Crippen LogP contribution in [0.1, 0.15) is 0 Å². The van der Waals surface area contributed by atoms with Crippen molar-refractivity contribution in [2.75, 3.05) is 14.1 Å². The second-order valence-electron chi connectivity index (χ2n) is 11.3. The lowest BCUT2D eigenvalue weighted by atomic mass is 9.12. The van der Waals surface area contributed by atoms with Crippen molar-refractivity contribution in [3.63, 3.8) is 0 Å². The predicted octanol–water partition coefficient (Wildman–Crippen LogP) is 6.48. The van der Waals surface area contributed by atoms with Gasteiger partial charge in [0.25, 0.3) is 0 Å². The molecule has 5 aromatic carbocycles. The van der Waals surface area contributed by atoms with Crippen molar-refractivity contribution in [3.8, 4) is 0 Å². The SMILES string of the molecule is C[NH+](C)c1ccccc1.Fc1c(F)c(F)c([B-](c2ccc([Si](Cl)(Cl)Cl)cc2)(c2c(F)c(F)c(F)c(F)c2F)c2c(F)c(F)c(F)c(F)c2F)c(F)c1F. The number of quaternary nitrogens is 1. The van der Waals surface area contributed by atoms with Crippen molar-refractivity contribution in [1.29, 1.82) is 0 Å². The summed E-state index contributed by atoms with van der Waals surface area (Å²) in [7, 11) is 4.24. The third kappa shape index (κ3) is 7.11. The first-order valence-electron chi connectivity index (χ1n) is 14.3. The van der Waals surface area contributed by atoms with E-state index in [0.29, 0.717) is 12.1 Å². The van der Waals surface area contributed by atoms with Gasteiger partial charge < -0.3 is 4.90 Å². The lowest BCUT2D eigenvalue weighted by molar-refractivity contribution is -0.786. The summed E-state index contributed by atoms with van der Waals surface area (Å²) in [5, 5.41) is -0.372. The Morgan fingerprint density at radius 3 is 0.887 bits per heavy atom. The van der Waals surface area contributed by atoms with E-state index in [4.69, 9.17) is 33.2 Å². The molecule has 53 heavy (non-hydrogen) atoms. The number of benzene rings is 5. The van der Waals surface area contributed by atoms with Gasteiger partial charge in [-0.05, 0) is 17.3 Å². The first-order chi connectivity index (χ1) is 24.5. The molecule has 0 fully saturated rings. The molecule has 0 atom stereocenters. The standard InChI is InChI=1S/C24H4BCl3F15Si.C8H11N/c26-44(27,28)6-3-1-5(2-4-6)25(7-10(29)16(35)22(41)17(36)11(7)30,8-12(31)18(37)23(42)19(38)13(8)32)9-14(33)20(39)24(43)21(40)15(9)34;1-9(2)8-6-4-3-5-7-8/h1-4H;3-7H,1-2H3/q-1;/p+1. The van der Waals surface area contributed by atoms with E-state index in [0.717, 1.165) is 0 Å². The fraction of sp³-hybridized carbons (Fsp3) is 0.0625. The number of nitrogens with one attached hydrogen (secondary N) is 1. The Bertz CT molecular complexity index is 1970. The van der Waals surface area contributed by atoms with E-state index < -0.39 is 121 Å². The molecule has 1 N–H and O–H groups in total. The molecule has 21 heteroatoms. The van der Waals surface area contributed by atoms with Gasteiger partial charge in [0.05, 0.1) is 14.1 Å². The van der Waals surface area contributed by atoms with Gasteiger partial charge in [-0.3, -0.25) is 0 Å². The Morgan fingerprint density at radius 2 is 0.660 bits per heavy atom. The lowest BCUT2D eigenvalue weighted by Gasteiger charge is -2.44. The van der Waals surface area contributed by atoms with E-state index in [1.807, 2.05) is 6.07 Å². The van der Waals surface area contributed by atoms with E-state index in [1.165, 1.54) is 10.6 Å². The van der Waals surface area contributed by atoms with Crippen LogP contribution >= 0.6 is 33.2 Å². The quantitative estimate of drug-likeness (QED) is 0.0658. The highest BCUT2D eigenvalue weighted by atomic mass is 35.8. The van der Waals surface area contributed by atoms with Crippen LogP contribution in [-0.2, 0) is 0 Å². The third-order valence-corrected chi connectivity index (χ3v) is 11.1. The van der Waals surface area contributed by atoms with Crippen molar-refractivity contribution in [1.82, 2.24) is 0 Å². The zero-order chi connectivity index (χ0) is 40.1. The van der Waals surface area contributed by atoms with Gasteiger partial charge in [0.15, 0.2) is 52.4 Å². The van der Waals surface area contributed by atoms with Gasteiger partial charge in [-0.1, -0.05) is 42.5 Å². The minimum absolute atomic E-state index is 0.262. The van der Waals surface area contributed by atoms with Crippen molar-refractivity contribution in [2.45, 2.75) is 0 Å². The second kappa shape index (κ2) is 15.5. The van der Waals surface area contributed by atoms with Gasteiger partial charge in [0.1, 0.15) is 46.7 Å². The lowest BCUT2D eigenvalue weighted by Crippen LogP contribution is -3.00. The van der Waals surface area contributed by atoms with Crippen LogP contribution in [0.2, 0.25) is 0 Å². The smallest absolute Gasteiger partial charge is 0.307 e. The van der Waals surface area contributed by atoms with Crippen molar-refractivity contribution >= 4 is 78.1 Å². The minimum Gasteiger partial charge on any atom is -0.307 e. The Morgan fingerprint density at radius 1 is 0.396 bits per heavy atom. The first kappa shape index (κ1) is 41.9. The molecule has 0 aromatic heterocycles.